The summed E-state index contributed by atoms with van der Waals surface area (Å²) in [6, 6.07) is 33.3. The van der Waals surface area contributed by atoms with Crippen LogP contribution in [0.1, 0.15) is 11.1 Å². The Hall–Kier alpha value is -5.02. The highest BCUT2D eigenvalue weighted by Gasteiger charge is 2.08. The van der Waals surface area contributed by atoms with Crippen LogP contribution in [-0.4, -0.2) is 22.6 Å². The number of hydrogen-bond acceptors (Lipinski definition) is 3. The summed E-state index contributed by atoms with van der Waals surface area (Å²) < 4.78 is 0. The van der Waals surface area contributed by atoms with Crippen LogP contribution in [0.4, 0.5) is 11.4 Å². The van der Waals surface area contributed by atoms with Crippen LogP contribution in [-0.2, 0) is 6.42 Å². The van der Waals surface area contributed by atoms with Crippen molar-refractivity contribution < 1.29 is 5.11 Å². The van der Waals surface area contributed by atoms with Gasteiger partial charge in [0.25, 0.3) is 0 Å². The molecule has 0 fully saturated rings. The van der Waals surface area contributed by atoms with E-state index in [4.69, 9.17) is 10.3 Å². The molecule has 0 bridgehead atoms. The number of nitrogens with one attached hydrogen (secondary N) is 3. The first-order valence-electron chi connectivity index (χ1n) is 11.7. The van der Waals surface area contributed by atoms with E-state index in [1.54, 1.807) is 12.1 Å². The predicted molar refractivity (Wildman–Crippen MR) is 146 cm³/mol. The van der Waals surface area contributed by atoms with Gasteiger partial charge >= 0.3 is 0 Å². The number of nitriles is 1. The number of H-pyrrole nitrogens is 1. The summed E-state index contributed by atoms with van der Waals surface area (Å²) in [4.78, 5) is 8.07. The molecule has 6 heteroatoms. The van der Waals surface area contributed by atoms with Gasteiger partial charge in [-0.2, -0.15) is 5.26 Å². The molecule has 5 rings (SSSR count). The second-order valence-corrected chi connectivity index (χ2v) is 8.38. The van der Waals surface area contributed by atoms with Crippen molar-refractivity contribution in [3.63, 3.8) is 0 Å². The summed E-state index contributed by atoms with van der Waals surface area (Å²) in [5.74, 6) is 0.488. The van der Waals surface area contributed by atoms with Crippen molar-refractivity contribution in [2.24, 2.45) is 4.99 Å². The molecule has 0 aliphatic carbocycles. The average Bonchev–Trinajstić information content (AvgIpc) is 3.33. The minimum absolute atomic E-state index is 0.0143. The fourth-order valence-electron chi connectivity index (χ4n) is 4.08. The molecule has 6 nitrogen and oxygen atoms in total. The molecule has 1 heterocycles. The summed E-state index contributed by atoms with van der Waals surface area (Å²) in [5, 5.41) is 27.2. The van der Waals surface area contributed by atoms with Crippen molar-refractivity contribution in [1.29, 1.82) is 5.26 Å². The summed E-state index contributed by atoms with van der Waals surface area (Å²) in [6.45, 7) is 0.538. The lowest BCUT2D eigenvalue weighted by Gasteiger charge is -2.14. The van der Waals surface area contributed by atoms with Crippen LogP contribution in [0.15, 0.2) is 108 Å². The van der Waals surface area contributed by atoms with Gasteiger partial charge in [0, 0.05) is 29.3 Å². The van der Waals surface area contributed by atoms with Gasteiger partial charge in [0.15, 0.2) is 5.96 Å². The number of nitrogens with zero attached hydrogens (tertiary/aromatic N) is 2. The summed E-state index contributed by atoms with van der Waals surface area (Å²) >= 11 is 0. The Labute approximate surface area is 209 Å². The largest absolute Gasteiger partial charge is 0.506 e. The lowest BCUT2D eigenvalue weighted by molar-refractivity contribution is 0.477. The summed E-state index contributed by atoms with van der Waals surface area (Å²) in [5.41, 5.74) is 6.29. The highest BCUT2D eigenvalue weighted by Crippen LogP contribution is 2.25. The molecule has 0 amide bonds. The highest BCUT2D eigenvalue weighted by atomic mass is 16.3. The van der Waals surface area contributed by atoms with Crippen molar-refractivity contribution >= 4 is 28.2 Å². The third-order valence-electron chi connectivity index (χ3n) is 5.96. The van der Waals surface area contributed by atoms with Gasteiger partial charge in [-0.25, -0.2) is 0 Å². The number of benzene rings is 4. The smallest absolute Gasteiger partial charge is 0.200 e. The molecule has 0 aliphatic rings. The normalized spacial score (nSPS) is 11.2. The number of aromatic hydroxyl groups is 1. The number of para-hydroxylation sites is 1. The molecule has 0 saturated heterocycles. The van der Waals surface area contributed by atoms with E-state index in [9.17, 15) is 5.11 Å². The van der Waals surface area contributed by atoms with Crippen LogP contribution in [0.2, 0.25) is 0 Å². The average molecular weight is 472 g/mol. The third kappa shape index (κ3) is 5.21. The van der Waals surface area contributed by atoms with Crippen molar-refractivity contribution in [1.82, 2.24) is 4.98 Å². The van der Waals surface area contributed by atoms with E-state index in [2.05, 4.69) is 52.0 Å². The van der Waals surface area contributed by atoms with E-state index in [1.807, 2.05) is 54.7 Å². The molecule has 0 unspecified atom stereocenters. The number of aromatic amines is 1. The summed E-state index contributed by atoms with van der Waals surface area (Å²) in [7, 11) is 0. The molecule has 5 aromatic rings. The molecular formula is C30H25N5O. The van der Waals surface area contributed by atoms with Gasteiger partial charge in [0.2, 0.25) is 0 Å². The predicted octanol–water partition coefficient (Wildman–Crippen LogP) is 6.53. The zero-order chi connectivity index (χ0) is 24.7. The second kappa shape index (κ2) is 10.5. The molecule has 0 atom stereocenters. The van der Waals surface area contributed by atoms with E-state index in [0.29, 0.717) is 23.8 Å². The van der Waals surface area contributed by atoms with E-state index in [-0.39, 0.29) is 5.75 Å². The van der Waals surface area contributed by atoms with Crippen LogP contribution in [0.5, 0.6) is 5.75 Å². The molecule has 0 saturated carbocycles. The highest BCUT2D eigenvalue weighted by molar-refractivity contribution is 6.04. The lowest BCUT2D eigenvalue weighted by Crippen LogP contribution is -2.23. The number of rotatable bonds is 6. The fourth-order valence-corrected chi connectivity index (χ4v) is 4.08. The quantitative estimate of drug-likeness (QED) is 0.129. The minimum atomic E-state index is -0.0143. The maximum absolute atomic E-state index is 10.4. The third-order valence-corrected chi connectivity index (χ3v) is 5.96. The van der Waals surface area contributed by atoms with Gasteiger partial charge in [-0.3, -0.25) is 4.99 Å². The SMILES string of the molecule is N#Cc1ccc(NC(=NCCc2c[nH]c3ccccc23)Nc2ccc(-c3ccccc3)cc2)c(O)c1. The molecule has 0 spiro atoms. The monoisotopic (exact) mass is 471 g/mol. The first-order valence-corrected chi connectivity index (χ1v) is 11.7. The molecule has 4 N–H and O–H groups in total. The van der Waals surface area contributed by atoms with E-state index in [0.717, 1.165) is 28.8 Å². The van der Waals surface area contributed by atoms with Gasteiger partial charge in [-0.1, -0.05) is 60.7 Å². The van der Waals surface area contributed by atoms with Crippen LogP contribution >= 0.6 is 0 Å². The Morgan fingerprint density at radius 3 is 2.39 bits per heavy atom. The Kier molecular flexibility index (Phi) is 6.63. The number of guanidine groups is 1. The zero-order valence-corrected chi connectivity index (χ0v) is 19.6. The molecule has 1 aromatic heterocycles. The number of fused-ring (bicyclic) bond motifs is 1. The maximum atomic E-state index is 10.4. The molecule has 4 aromatic carbocycles. The minimum Gasteiger partial charge on any atom is -0.506 e. The Balaban J connectivity index is 1.36. The number of hydrogen-bond donors (Lipinski definition) is 4. The van der Waals surface area contributed by atoms with Gasteiger partial charge in [-0.05, 0) is 59.5 Å². The van der Waals surface area contributed by atoms with Gasteiger partial charge < -0.3 is 20.7 Å². The van der Waals surface area contributed by atoms with E-state index >= 15 is 0 Å². The number of phenolic OH excluding ortho intramolecular Hbond substituents is 1. The lowest BCUT2D eigenvalue weighted by atomic mass is 10.1. The number of anilines is 2. The Morgan fingerprint density at radius 1 is 0.861 bits per heavy atom. The van der Waals surface area contributed by atoms with Gasteiger partial charge in [0.05, 0.1) is 17.3 Å². The molecule has 36 heavy (non-hydrogen) atoms. The summed E-state index contributed by atoms with van der Waals surface area (Å²) in [6.07, 6.45) is 2.78. The number of phenols is 1. The van der Waals surface area contributed by atoms with E-state index < -0.39 is 0 Å². The van der Waals surface area contributed by atoms with Gasteiger partial charge in [-0.15, -0.1) is 0 Å². The topological polar surface area (TPSA) is 96.2 Å². The Bertz CT molecular complexity index is 1550. The van der Waals surface area contributed by atoms with E-state index in [1.165, 1.54) is 17.0 Å². The van der Waals surface area contributed by atoms with Crippen LogP contribution < -0.4 is 10.6 Å². The standard InChI is InChI=1S/C30H25N5O/c31-19-21-10-15-28(29(36)18-21)35-30(32-17-16-24-20-33-27-9-5-4-8-26(24)27)34-25-13-11-23(12-14-25)22-6-2-1-3-7-22/h1-15,18,20,33,36H,16-17H2,(H2,32,34,35). The molecule has 0 aliphatic heterocycles. The first kappa shape index (κ1) is 22.8. The van der Waals surface area contributed by atoms with Crippen LogP contribution in [0.25, 0.3) is 22.0 Å². The van der Waals surface area contributed by atoms with Crippen molar-refractivity contribution in [2.75, 3.05) is 17.2 Å². The Morgan fingerprint density at radius 2 is 1.61 bits per heavy atom. The molecule has 176 valence electrons. The van der Waals surface area contributed by atoms with Crippen molar-refractivity contribution in [2.45, 2.75) is 6.42 Å². The number of aromatic nitrogens is 1. The van der Waals surface area contributed by atoms with Crippen molar-refractivity contribution in [3.05, 3.63) is 114 Å². The van der Waals surface area contributed by atoms with Crippen molar-refractivity contribution in [3.8, 4) is 22.9 Å². The number of aliphatic imine (C=N–C) groups is 1. The second-order valence-electron chi connectivity index (χ2n) is 8.38. The zero-order valence-electron chi connectivity index (χ0n) is 19.6. The first-order chi connectivity index (χ1) is 17.7. The maximum Gasteiger partial charge on any atom is 0.200 e. The van der Waals surface area contributed by atoms with Crippen LogP contribution in [0.3, 0.4) is 0 Å². The molecular weight excluding hydrogens is 446 g/mol. The van der Waals surface area contributed by atoms with Crippen LogP contribution in [0, 0.1) is 11.3 Å². The van der Waals surface area contributed by atoms with Gasteiger partial charge in [0.1, 0.15) is 5.75 Å². The molecule has 0 radical (unpaired) electrons. The fraction of sp³-hybridized carbons (Fsp3) is 0.0667.